The topological polar surface area (TPSA) is 25.8 Å². The van der Waals surface area contributed by atoms with Crippen molar-refractivity contribution in [3.05, 3.63) is 59.9 Å². The molecule has 3 heteroatoms. The summed E-state index contributed by atoms with van der Waals surface area (Å²) < 4.78 is 0. The van der Waals surface area contributed by atoms with E-state index in [4.69, 9.17) is 0 Å². The minimum Gasteiger partial charge on any atom is -0.256 e. The summed E-state index contributed by atoms with van der Waals surface area (Å²) in [4.78, 5) is 9.16. The van der Waals surface area contributed by atoms with Crippen LogP contribution in [0.5, 0.6) is 0 Å². The molecule has 1 aliphatic carbocycles. The van der Waals surface area contributed by atoms with Crippen molar-refractivity contribution in [2.75, 3.05) is 0 Å². The molecule has 0 saturated heterocycles. The highest BCUT2D eigenvalue weighted by molar-refractivity contribution is 7.38. The molecule has 3 heterocycles. The van der Waals surface area contributed by atoms with Crippen molar-refractivity contribution in [2.24, 2.45) is 0 Å². The normalized spacial score (nSPS) is 13.9. The average molecular weight is 292 g/mol. The van der Waals surface area contributed by atoms with Crippen LogP contribution in [-0.4, -0.2) is 9.97 Å². The highest BCUT2D eigenvalue weighted by Crippen LogP contribution is 2.47. The standard InChI is InChI=1S/C18H17N2P/c1-2-8-14-13(7-1)17(15-9-3-5-11-19-15)21-18(14)16-10-4-6-12-20-16/h3-6,9-12,21H,1-2,7-8H2. The van der Waals surface area contributed by atoms with Crippen molar-refractivity contribution in [1.82, 2.24) is 9.97 Å². The molecule has 0 N–H and O–H groups in total. The molecule has 0 amide bonds. The van der Waals surface area contributed by atoms with Crippen LogP contribution in [0, 0.1) is 0 Å². The van der Waals surface area contributed by atoms with Gasteiger partial charge in [0.2, 0.25) is 0 Å². The minimum atomic E-state index is 0.694. The fourth-order valence-corrected chi connectivity index (χ4v) is 4.85. The fraction of sp³-hybridized carbons (Fsp3) is 0.222. The van der Waals surface area contributed by atoms with Crippen LogP contribution in [0.15, 0.2) is 48.8 Å². The van der Waals surface area contributed by atoms with Gasteiger partial charge in [-0.1, -0.05) is 12.1 Å². The van der Waals surface area contributed by atoms with Gasteiger partial charge in [0.15, 0.2) is 0 Å². The molecule has 0 aromatic carbocycles. The maximum atomic E-state index is 4.58. The number of fused-ring (bicyclic) bond motifs is 1. The molecule has 0 unspecified atom stereocenters. The second-order valence-corrected chi connectivity index (χ2v) is 6.72. The van der Waals surface area contributed by atoms with Crippen molar-refractivity contribution >= 4 is 8.19 Å². The van der Waals surface area contributed by atoms with Crippen LogP contribution < -0.4 is 0 Å². The third-order valence-electron chi connectivity index (χ3n) is 4.16. The summed E-state index contributed by atoms with van der Waals surface area (Å²) in [5.41, 5.74) is 5.41. The molecule has 3 aromatic rings. The third kappa shape index (κ3) is 2.30. The summed E-state index contributed by atoms with van der Waals surface area (Å²) in [6.07, 6.45) is 8.79. The Bertz CT molecular complexity index is 684. The van der Waals surface area contributed by atoms with E-state index < -0.39 is 0 Å². The zero-order chi connectivity index (χ0) is 14.1. The van der Waals surface area contributed by atoms with Gasteiger partial charge in [-0.05, 0) is 61.1 Å². The first-order chi connectivity index (χ1) is 10.4. The van der Waals surface area contributed by atoms with Crippen molar-refractivity contribution in [3.8, 4) is 22.0 Å². The van der Waals surface area contributed by atoms with Crippen LogP contribution in [0.2, 0.25) is 0 Å². The summed E-state index contributed by atoms with van der Waals surface area (Å²) in [5, 5.41) is 2.90. The molecule has 104 valence electrons. The van der Waals surface area contributed by atoms with Gasteiger partial charge in [0.1, 0.15) is 0 Å². The van der Waals surface area contributed by atoms with Gasteiger partial charge >= 0.3 is 0 Å². The Kier molecular flexibility index (Phi) is 3.33. The lowest BCUT2D eigenvalue weighted by molar-refractivity contribution is 0.691. The molecule has 0 bridgehead atoms. The first kappa shape index (κ1) is 12.8. The van der Waals surface area contributed by atoms with Crippen LogP contribution >= 0.6 is 8.19 Å². The van der Waals surface area contributed by atoms with Gasteiger partial charge in [0.05, 0.1) is 11.4 Å². The average Bonchev–Trinajstić information content (AvgIpc) is 2.96. The zero-order valence-corrected chi connectivity index (χ0v) is 12.8. The van der Waals surface area contributed by atoms with Crippen LogP contribution in [0.3, 0.4) is 0 Å². The molecule has 0 atom stereocenters. The van der Waals surface area contributed by atoms with Gasteiger partial charge in [-0.3, -0.25) is 9.97 Å². The summed E-state index contributed by atoms with van der Waals surface area (Å²) in [5.74, 6) is 0. The van der Waals surface area contributed by atoms with E-state index in [-0.39, 0.29) is 0 Å². The maximum Gasteiger partial charge on any atom is 0.0742 e. The lowest BCUT2D eigenvalue weighted by Gasteiger charge is -2.14. The highest BCUT2D eigenvalue weighted by Gasteiger charge is 2.22. The molecule has 0 saturated carbocycles. The maximum absolute atomic E-state index is 4.58. The number of nitrogens with zero attached hydrogens (tertiary/aromatic N) is 2. The SMILES string of the molecule is c1ccc(-c2[pH]c(-c3ccccn3)c3c2CCCC3)nc1. The van der Waals surface area contributed by atoms with Gasteiger partial charge in [-0.25, -0.2) is 0 Å². The van der Waals surface area contributed by atoms with Gasteiger partial charge in [-0.2, -0.15) is 0 Å². The van der Waals surface area contributed by atoms with E-state index in [1.54, 1.807) is 11.1 Å². The highest BCUT2D eigenvalue weighted by atomic mass is 31.0. The molecular weight excluding hydrogens is 275 g/mol. The number of hydrogen-bond acceptors (Lipinski definition) is 2. The third-order valence-corrected chi connectivity index (χ3v) is 5.78. The van der Waals surface area contributed by atoms with Gasteiger partial charge in [0.25, 0.3) is 0 Å². The molecule has 1 aliphatic rings. The first-order valence-corrected chi connectivity index (χ1v) is 8.50. The second kappa shape index (κ2) is 5.46. The Hall–Kier alpha value is -1.92. The second-order valence-electron chi connectivity index (χ2n) is 5.47. The van der Waals surface area contributed by atoms with Crippen molar-refractivity contribution in [1.29, 1.82) is 0 Å². The van der Waals surface area contributed by atoms with Crippen LogP contribution in [-0.2, 0) is 12.8 Å². The smallest absolute Gasteiger partial charge is 0.0742 e. The van der Waals surface area contributed by atoms with Crippen molar-refractivity contribution in [2.45, 2.75) is 25.7 Å². The molecule has 21 heavy (non-hydrogen) atoms. The zero-order valence-electron chi connectivity index (χ0n) is 11.8. The van der Waals surface area contributed by atoms with Crippen molar-refractivity contribution in [3.63, 3.8) is 0 Å². The molecule has 3 aromatic heterocycles. The number of aromatic nitrogens is 2. The predicted molar refractivity (Wildman–Crippen MR) is 89.0 cm³/mol. The largest absolute Gasteiger partial charge is 0.256 e. The Balaban J connectivity index is 1.92. The van der Waals surface area contributed by atoms with E-state index in [1.165, 1.54) is 36.3 Å². The number of pyridine rings is 2. The van der Waals surface area contributed by atoms with E-state index in [9.17, 15) is 0 Å². The van der Waals surface area contributed by atoms with E-state index >= 15 is 0 Å². The Morgan fingerprint density at radius 3 is 1.67 bits per heavy atom. The lowest BCUT2D eigenvalue weighted by atomic mass is 9.91. The molecule has 0 fully saturated rings. The molecule has 0 aliphatic heterocycles. The molecule has 4 rings (SSSR count). The fourth-order valence-electron chi connectivity index (χ4n) is 3.19. The summed E-state index contributed by atoms with van der Waals surface area (Å²) in [7, 11) is 0.694. The minimum absolute atomic E-state index is 0.694. The predicted octanol–water partition coefficient (Wildman–Crippen LogP) is 4.72. The van der Waals surface area contributed by atoms with E-state index in [0.29, 0.717) is 8.19 Å². The van der Waals surface area contributed by atoms with E-state index in [1.807, 2.05) is 24.5 Å². The van der Waals surface area contributed by atoms with Crippen LogP contribution in [0.25, 0.3) is 22.0 Å². The Morgan fingerprint density at radius 2 is 1.24 bits per heavy atom. The van der Waals surface area contributed by atoms with E-state index in [0.717, 1.165) is 11.4 Å². The van der Waals surface area contributed by atoms with Crippen molar-refractivity contribution < 1.29 is 0 Å². The first-order valence-electron chi connectivity index (χ1n) is 7.50. The quantitative estimate of drug-likeness (QED) is 0.683. The summed E-state index contributed by atoms with van der Waals surface area (Å²) in [6, 6.07) is 12.4. The van der Waals surface area contributed by atoms with E-state index in [2.05, 4.69) is 34.2 Å². The summed E-state index contributed by atoms with van der Waals surface area (Å²) in [6.45, 7) is 0. The van der Waals surface area contributed by atoms with Gasteiger partial charge in [-0.15, -0.1) is 8.19 Å². The van der Waals surface area contributed by atoms with Gasteiger partial charge < -0.3 is 0 Å². The van der Waals surface area contributed by atoms with Gasteiger partial charge in [0, 0.05) is 23.0 Å². The molecular formula is C18H17N2P. The monoisotopic (exact) mass is 292 g/mol. The Morgan fingerprint density at radius 1 is 0.714 bits per heavy atom. The van der Waals surface area contributed by atoms with Crippen LogP contribution in [0.1, 0.15) is 24.0 Å². The number of hydrogen-bond donors (Lipinski definition) is 0. The Labute approximate surface area is 126 Å². The molecule has 0 radical (unpaired) electrons. The summed E-state index contributed by atoms with van der Waals surface area (Å²) >= 11 is 0. The van der Waals surface area contributed by atoms with Crippen LogP contribution in [0.4, 0.5) is 0 Å². The molecule has 2 nitrogen and oxygen atoms in total. The molecule has 0 spiro atoms. The number of rotatable bonds is 2. The lowest BCUT2D eigenvalue weighted by Crippen LogP contribution is -2.01.